The minimum atomic E-state index is -1.67. The van der Waals surface area contributed by atoms with Crippen molar-refractivity contribution in [2.24, 2.45) is 0 Å². The Balaban J connectivity index is 3.67. The zero-order valence-corrected chi connectivity index (χ0v) is 22.9. The predicted molar refractivity (Wildman–Crippen MR) is 141 cm³/mol. The molecule has 0 heterocycles. The highest BCUT2D eigenvalue weighted by Crippen LogP contribution is 2.09. The van der Waals surface area contributed by atoms with Gasteiger partial charge < -0.3 is 29.2 Å². The Hall–Kier alpha value is -2.72. The second kappa shape index (κ2) is 24.6. The van der Waals surface area contributed by atoms with Crippen LogP contribution >= 0.6 is 0 Å². The summed E-state index contributed by atoms with van der Waals surface area (Å²) < 4.78 is 20.0. The molecule has 0 aliphatic heterocycles. The summed E-state index contributed by atoms with van der Waals surface area (Å²) in [6.07, 6.45) is 10.6. The predicted octanol–water partition coefficient (Wildman–Crippen LogP) is 3.71. The number of ether oxygens (including phenoxy) is 4. The van der Waals surface area contributed by atoms with Gasteiger partial charge in [-0.3, -0.25) is 4.79 Å². The molecule has 218 valence electrons. The minimum absolute atomic E-state index is 0.0896. The smallest absolute Gasteiger partial charge is 0.337 e. The lowest BCUT2D eigenvalue weighted by molar-refractivity contribution is -0.161. The molecular formula is C28H46O10. The Morgan fingerprint density at radius 3 is 1.61 bits per heavy atom. The molecule has 0 radical (unpaired) electrons. The van der Waals surface area contributed by atoms with Gasteiger partial charge in [0.1, 0.15) is 0 Å². The van der Waals surface area contributed by atoms with Crippen molar-refractivity contribution >= 4 is 23.9 Å². The van der Waals surface area contributed by atoms with E-state index in [1.807, 2.05) is 13.8 Å². The SMILES string of the molecule is CCCCOC(=O)/C=C/C=C/C(=O)OCCCCCCCCOC(=O)CCC(O)C(O)C(=O)OCCCC. The summed E-state index contributed by atoms with van der Waals surface area (Å²) in [5.41, 5.74) is 0. The molecule has 10 nitrogen and oxygen atoms in total. The maximum atomic E-state index is 11.8. The van der Waals surface area contributed by atoms with E-state index in [1.54, 1.807) is 0 Å². The van der Waals surface area contributed by atoms with Crippen molar-refractivity contribution in [1.29, 1.82) is 0 Å². The van der Waals surface area contributed by atoms with Gasteiger partial charge in [-0.05, 0) is 32.1 Å². The zero-order valence-electron chi connectivity index (χ0n) is 22.9. The Bertz CT molecular complexity index is 716. The maximum absolute atomic E-state index is 11.8. The molecular weight excluding hydrogens is 496 g/mol. The number of hydrogen-bond donors (Lipinski definition) is 2. The van der Waals surface area contributed by atoms with Gasteiger partial charge in [0.2, 0.25) is 0 Å². The summed E-state index contributed by atoms with van der Waals surface area (Å²) in [6.45, 7) is 5.11. The lowest BCUT2D eigenvalue weighted by Crippen LogP contribution is -2.36. The van der Waals surface area contributed by atoms with Crippen LogP contribution in [-0.2, 0) is 38.1 Å². The fraction of sp³-hybridized carbons (Fsp3) is 0.714. The first-order valence-corrected chi connectivity index (χ1v) is 13.7. The second-order valence-electron chi connectivity index (χ2n) is 8.82. The zero-order chi connectivity index (χ0) is 28.4. The third-order valence-electron chi connectivity index (χ3n) is 5.36. The topological polar surface area (TPSA) is 146 Å². The van der Waals surface area contributed by atoms with Gasteiger partial charge in [-0.2, -0.15) is 0 Å². The van der Waals surface area contributed by atoms with Crippen molar-refractivity contribution in [1.82, 2.24) is 0 Å². The highest BCUT2D eigenvalue weighted by Gasteiger charge is 2.26. The van der Waals surface area contributed by atoms with Gasteiger partial charge in [-0.1, -0.05) is 64.5 Å². The summed E-state index contributed by atoms with van der Waals surface area (Å²) in [4.78, 5) is 46.3. The fourth-order valence-corrected chi connectivity index (χ4v) is 3.01. The molecule has 0 aliphatic carbocycles. The lowest BCUT2D eigenvalue weighted by Gasteiger charge is -2.16. The first-order valence-electron chi connectivity index (χ1n) is 13.7. The van der Waals surface area contributed by atoms with Gasteiger partial charge in [0.25, 0.3) is 0 Å². The largest absolute Gasteiger partial charge is 0.466 e. The molecule has 0 fully saturated rings. The van der Waals surface area contributed by atoms with Crippen LogP contribution in [-0.4, -0.2) is 72.7 Å². The van der Waals surface area contributed by atoms with Gasteiger partial charge >= 0.3 is 23.9 Å². The normalized spacial score (nSPS) is 12.8. The summed E-state index contributed by atoms with van der Waals surface area (Å²) in [6, 6.07) is 0. The third kappa shape index (κ3) is 21.4. The summed E-state index contributed by atoms with van der Waals surface area (Å²) >= 11 is 0. The number of rotatable bonds is 23. The van der Waals surface area contributed by atoms with Crippen LogP contribution in [0.2, 0.25) is 0 Å². The number of hydrogen-bond acceptors (Lipinski definition) is 10. The summed E-state index contributed by atoms with van der Waals surface area (Å²) in [7, 11) is 0. The average molecular weight is 543 g/mol. The fourth-order valence-electron chi connectivity index (χ4n) is 3.01. The third-order valence-corrected chi connectivity index (χ3v) is 5.36. The second-order valence-corrected chi connectivity index (χ2v) is 8.82. The summed E-state index contributed by atoms with van der Waals surface area (Å²) in [5.74, 6) is -2.29. The Morgan fingerprint density at radius 2 is 1.08 bits per heavy atom. The molecule has 0 aliphatic rings. The molecule has 0 saturated carbocycles. The molecule has 10 heteroatoms. The van der Waals surface area contributed by atoms with Crippen molar-refractivity contribution in [2.75, 3.05) is 26.4 Å². The Kier molecular flexibility index (Phi) is 22.8. The van der Waals surface area contributed by atoms with Crippen molar-refractivity contribution < 1.29 is 48.3 Å². The number of aliphatic hydroxyl groups excluding tert-OH is 2. The molecule has 0 saturated heterocycles. The van der Waals surface area contributed by atoms with E-state index < -0.39 is 36.1 Å². The van der Waals surface area contributed by atoms with Crippen LogP contribution < -0.4 is 0 Å². The molecule has 38 heavy (non-hydrogen) atoms. The van der Waals surface area contributed by atoms with Crippen LogP contribution in [0.15, 0.2) is 24.3 Å². The van der Waals surface area contributed by atoms with E-state index in [2.05, 4.69) is 0 Å². The number of aliphatic hydroxyl groups is 2. The number of carbonyl (C=O) groups is 4. The van der Waals surface area contributed by atoms with E-state index in [0.717, 1.165) is 51.4 Å². The van der Waals surface area contributed by atoms with Crippen molar-refractivity contribution in [3.8, 4) is 0 Å². The molecule has 2 N–H and O–H groups in total. The van der Waals surface area contributed by atoms with Crippen molar-refractivity contribution in [3.05, 3.63) is 24.3 Å². The minimum Gasteiger partial charge on any atom is -0.466 e. The van der Waals surface area contributed by atoms with E-state index >= 15 is 0 Å². The number of esters is 4. The van der Waals surface area contributed by atoms with Gasteiger partial charge in [0, 0.05) is 18.6 Å². The van der Waals surface area contributed by atoms with Crippen molar-refractivity contribution in [3.63, 3.8) is 0 Å². The van der Waals surface area contributed by atoms with Gasteiger partial charge in [-0.15, -0.1) is 0 Å². The lowest BCUT2D eigenvalue weighted by atomic mass is 10.1. The van der Waals surface area contributed by atoms with Gasteiger partial charge in [-0.25, -0.2) is 14.4 Å². The van der Waals surface area contributed by atoms with Crippen LogP contribution in [0.1, 0.15) is 90.9 Å². The molecule has 0 bridgehead atoms. The molecule has 2 unspecified atom stereocenters. The molecule has 0 aromatic heterocycles. The Morgan fingerprint density at radius 1 is 0.632 bits per heavy atom. The first-order chi connectivity index (χ1) is 18.3. The molecule has 0 rings (SSSR count). The summed E-state index contributed by atoms with van der Waals surface area (Å²) in [5, 5.41) is 19.6. The van der Waals surface area contributed by atoms with Crippen LogP contribution in [0.5, 0.6) is 0 Å². The van der Waals surface area contributed by atoms with Crippen molar-refractivity contribution in [2.45, 2.75) is 103 Å². The van der Waals surface area contributed by atoms with E-state index in [1.165, 1.54) is 24.3 Å². The highest BCUT2D eigenvalue weighted by atomic mass is 16.6. The van der Waals surface area contributed by atoms with E-state index in [9.17, 15) is 29.4 Å². The molecule has 0 aromatic carbocycles. The molecule has 0 aromatic rings. The average Bonchev–Trinajstić information content (AvgIpc) is 2.90. The number of carbonyl (C=O) groups excluding carboxylic acids is 4. The standard InChI is InChI=1S/C28H46O10/c1-3-5-19-35-24(30)15-11-12-16-25(31)36-21-13-9-7-8-10-14-22-37-26(32)18-17-23(29)27(33)28(34)38-20-6-4-2/h11-12,15-16,23,27,29,33H,3-10,13-14,17-22H2,1-2H3/b15-11+,16-12+. The van der Waals surface area contributed by atoms with Crippen LogP contribution in [0.3, 0.4) is 0 Å². The van der Waals surface area contributed by atoms with E-state index in [4.69, 9.17) is 18.9 Å². The number of allylic oxidation sites excluding steroid dienone is 2. The monoisotopic (exact) mass is 542 g/mol. The van der Waals surface area contributed by atoms with E-state index in [-0.39, 0.29) is 26.1 Å². The molecule has 0 spiro atoms. The van der Waals surface area contributed by atoms with E-state index in [0.29, 0.717) is 26.1 Å². The highest BCUT2D eigenvalue weighted by molar-refractivity contribution is 5.84. The maximum Gasteiger partial charge on any atom is 0.337 e. The van der Waals surface area contributed by atoms with Crippen LogP contribution in [0.25, 0.3) is 0 Å². The first kappa shape index (κ1) is 35.3. The quantitative estimate of drug-likeness (QED) is 0.0644. The van der Waals surface area contributed by atoms with Crippen LogP contribution in [0.4, 0.5) is 0 Å². The molecule has 2 atom stereocenters. The van der Waals surface area contributed by atoms with Crippen LogP contribution in [0, 0.1) is 0 Å². The Labute approximate surface area is 226 Å². The van der Waals surface area contributed by atoms with Gasteiger partial charge in [0.15, 0.2) is 6.10 Å². The van der Waals surface area contributed by atoms with Gasteiger partial charge in [0.05, 0.1) is 32.5 Å². The number of unbranched alkanes of at least 4 members (excludes halogenated alkanes) is 7. The molecule has 0 amide bonds.